The van der Waals surface area contributed by atoms with Crippen molar-refractivity contribution < 1.29 is 4.74 Å². The van der Waals surface area contributed by atoms with Crippen LogP contribution in [0.3, 0.4) is 0 Å². The number of benzene rings is 1. The van der Waals surface area contributed by atoms with E-state index in [4.69, 9.17) is 4.74 Å². The Kier molecular flexibility index (Phi) is 2.11. The lowest BCUT2D eigenvalue weighted by atomic mass is 9.70. The molecule has 1 aromatic carbocycles. The van der Waals surface area contributed by atoms with Crippen molar-refractivity contribution in [3.05, 3.63) is 29.3 Å². The van der Waals surface area contributed by atoms with Gasteiger partial charge in [0.2, 0.25) is 0 Å². The molecule has 0 bridgehead atoms. The van der Waals surface area contributed by atoms with E-state index in [1.807, 2.05) is 0 Å². The van der Waals surface area contributed by atoms with Crippen LogP contribution >= 0.6 is 0 Å². The van der Waals surface area contributed by atoms with Crippen molar-refractivity contribution in [3.8, 4) is 5.75 Å². The van der Waals surface area contributed by atoms with Gasteiger partial charge in [0.25, 0.3) is 0 Å². The zero-order valence-electron chi connectivity index (χ0n) is 10.3. The van der Waals surface area contributed by atoms with Gasteiger partial charge in [-0.15, -0.1) is 0 Å². The normalized spacial score (nSPS) is 21.7. The molecule has 0 atom stereocenters. The third-order valence-corrected chi connectivity index (χ3v) is 3.98. The molecule has 0 aromatic heterocycles. The van der Waals surface area contributed by atoms with Crippen LogP contribution in [0.5, 0.6) is 5.75 Å². The van der Waals surface area contributed by atoms with Crippen molar-refractivity contribution in [2.75, 3.05) is 0 Å². The number of fused-ring (bicyclic) bond motifs is 1. The molecule has 0 saturated carbocycles. The van der Waals surface area contributed by atoms with E-state index < -0.39 is 0 Å². The van der Waals surface area contributed by atoms with Crippen LogP contribution in [0.4, 0.5) is 0 Å². The van der Waals surface area contributed by atoms with Gasteiger partial charge in [-0.1, -0.05) is 26.0 Å². The van der Waals surface area contributed by atoms with Crippen molar-refractivity contribution in [2.45, 2.75) is 46.6 Å². The third-order valence-electron chi connectivity index (χ3n) is 3.98. The summed E-state index contributed by atoms with van der Waals surface area (Å²) in [6, 6.07) is 6.32. The number of hydrogen-bond donors (Lipinski definition) is 0. The number of aryl methyl sites for hydroxylation is 1. The lowest BCUT2D eigenvalue weighted by Gasteiger charge is -2.46. The first-order valence-electron chi connectivity index (χ1n) is 5.61. The average Bonchev–Trinajstić information content (AvgIpc) is 2.08. The summed E-state index contributed by atoms with van der Waals surface area (Å²) in [5, 5.41) is 0. The van der Waals surface area contributed by atoms with E-state index in [9.17, 15) is 0 Å². The van der Waals surface area contributed by atoms with Crippen LogP contribution in [0.15, 0.2) is 18.2 Å². The SMILES string of the molecule is Cc1cccc2c1CC(C)(C)C(C)(C)O2. The Morgan fingerprint density at radius 3 is 2.47 bits per heavy atom. The maximum absolute atomic E-state index is 6.12. The second kappa shape index (κ2) is 3.01. The first-order valence-corrected chi connectivity index (χ1v) is 5.61. The molecule has 0 saturated heterocycles. The van der Waals surface area contributed by atoms with Crippen LogP contribution in [-0.4, -0.2) is 5.60 Å². The summed E-state index contributed by atoms with van der Waals surface area (Å²) in [6.45, 7) is 11.1. The van der Waals surface area contributed by atoms with Crippen LogP contribution < -0.4 is 4.74 Å². The highest BCUT2D eigenvalue weighted by atomic mass is 16.5. The highest BCUT2D eigenvalue weighted by Crippen LogP contribution is 2.45. The van der Waals surface area contributed by atoms with Gasteiger partial charge in [0.05, 0.1) is 0 Å². The van der Waals surface area contributed by atoms with E-state index in [0.29, 0.717) is 0 Å². The molecule has 1 aromatic rings. The predicted molar refractivity (Wildman–Crippen MR) is 63.4 cm³/mol. The van der Waals surface area contributed by atoms with E-state index in [-0.39, 0.29) is 11.0 Å². The molecule has 0 radical (unpaired) electrons. The van der Waals surface area contributed by atoms with Gasteiger partial charge in [-0.05, 0) is 44.4 Å². The van der Waals surface area contributed by atoms with Gasteiger partial charge in [0, 0.05) is 5.41 Å². The van der Waals surface area contributed by atoms with Crippen molar-refractivity contribution in [1.29, 1.82) is 0 Å². The van der Waals surface area contributed by atoms with Crippen LogP contribution in [0.25, 0.3) is 0 Å². The molecule has 1 aliphatic rings. The number of hydrogen-bond acceptors (Lipinski definition) is 1. The second-order valence-corrected chi connectivity index (χ2v) is 5.72. The fourth-order valence-electron chi connectivity index (χ4n) is 2.07. The maximum Gasteiger partial charge on any atom is 0.123 e. The Hall–Kier alpha value is -0.980. The van der Waals surface area contributed by atoms with Gasteiger partial charge in [-0.3, -0.25) is 0 Å². The molecule has 15 heavy (non-hydrogen) atoms. The summed E-state index contributed by atoms with van der Waals surface area (Å²) in [5.41, 5.74) is 2.82. The maximum atomic E-state index is 6.12. The second-order valence-electron chi connectivity index (χ2n) is 5.72. The summed E-state index contributed by atoms with van der Waals surface area (Å²) in [6.07, 6.45) is 1.10. The summed E-state index contributed by atoms with van der Waals surface area (Å²) in [5.74, 6) is 1.07. The first-order chi connectivity index (χ1) is 6.83. The molecule has 2 rings (SSSR count). The van der Waals surface area contributed by atoms with E-state index in [1.165, 1.54) is 11.1 Å². The lowest BCUT2D eigenvalue weighted by Crippen LogP contribution is -2.48. The standard InChI is InChI=1S/C14H20O/c1-10-7-6-8-12-11(10)9-13(2,3)14(4,5)15-12/h6-8H,9H2,1-5H3. The van der Waals surface area contributed by atoms with Gasteiger partial charge in [0.15, 0.2) is 0 Å². The third kappa shape index (κ3) is 1.54. The van der Waals surface area contributed by atoms with E-state index in [1.54, 1.807) is 0 Å². The van der Waals surface area contributed by atoms with E-state index in [2.05, 4.69) is 52.8 Å². The van der Waals surface area contributed by atoms with Gasteiger partial charge in [-0.25, -0.2) is 0 Å². The molecule has 1 aliphatic heterocycles. The average molecular weight is 204 g/mol. The summed E-state index contributed by atoms with van der Waals surface area (Å²) >= 11 is 0. The van der Waals surface area contributed by atoms with Crippen LogP contribution in [0.2, 0.25) is 0 Å². The molecule has 0 amide bonds. The predicted octanol–water partition coefficient (Wildman–Crippen LogP) is 3.73. The highest BCUT2D eigenvalue weighted by Gasteiger charge is 2.43. The van der Waals surface area contributed by atoms with Crippen LogP contribution in [-0.2, 0) is 6.42 Å². The molecule has 0 fully saturated rings. The lowest BCUT2D eigenvalue weighted by molar-refractivity contribution is -0.0272. The first kappa shape index (κ1) is 10.5. The molecule has 0 aliphatic carbocycles. The zero-order chi connectivity index (χ0) is 11.3. The molecule has 0 spiro atoms. The van der Waals surface area contributed by atoms with Crippen molar-refractivity contribution in [3.63, 3.8) is 0 Å². The largest absolute Gasteiger partial charge is 0.487 e. The summed E-state index contributed by atoms with van der Waals surface area (Å²) in [4.78, 5) is 0. The fraction of sp³-hybridized carbons (Fsp3) is 0.571. The minimum absolute atomic E-state index is 0.0895. The van der Waals surface area contributed by atoms with E-state index in [0.717, 1.165) is 12.2 Å². The fourth-order valence-corrected chi connectivity index (χ4v) is 2.07. The highest BCUT2D eigenvalue weighted by molar-refractivity contribution is 5.42. The smallest absolute Gasteiger partial charge is 0.123 e. The van der Waals surface area contributed by atoms with Gasteiger partial charge in [-0.2, -0.15) is 0 Å². The quantitative estimate of drug-likeness (QED) is 0.625. The monoisotopic (exact) mass is 204 g/mol. The van der Waals surface area contributed by atoms with Crippen molar-refractivity contribution >= 4 is 0 Å². The number of ether oxygens (including phenoxy) is 1. The Labute approximate surface area is 92.5 Å². The molecule has 82 valence electrons. The molecular formula is C14H20O. The van der Waals surface area contributed by atoms with Crippen molar-refractivity contribution in [2.24, 2.45) is 5.41 Å². The molecule has 1 heteroatoms. The van der Waals surface area contributed by atoms with Gasteiger partial charge >= 0.3 is 0 Å². The Balaban J connectivity index is 2.52. The van der Waals surface area contributed by atoms with Gasteiger partial charge in [0.1, 0.15) is 11.4 Å². The minimum atomic E-state index is -0.0895. The van der Waals surface area contributed by atoms with Crippen LogP contribution in [0, 0.1) is 12.3 Å². The van der Waals surface area contributed by atoms with E-state index >= 15 is 0 Å². The Morgan fingerprint density at radius 2 is 1.80 bits per heavy atom. The molecular weight excluding hydrogens is 184 g/mol. The van der Waals surface area contributed by atoms with Crippen molar-refractivity contribution in [1.82, 2.24) is 0 Å². The Morgan fingerprint density at radius 1 is 1.13 bits per heavy atom. The Bertz CT molecular complexity index is 388. The molecule has 0 unspecified atom stereocenters. The minimum Gasteiger partial charge on any atom is -0.487 e. The van der Waals surface area contributed by atoms with Gasteiger partial charge < -0.3 is 4.74 Å². The number of rotatable bonds is 0. The zero-order valence-corrected chi connectivity index (χ0v) is 10.3. The van der Waals surface area contributed by atoms with Crippen LogP contribution in [0.1, 0.15) is 38.8 Å². The topological polar surface area (TPSA) is 9.23 Å². The summed E-state index contributed by atoms with van der Waals surface area (Å²) in [7, 11) is 0. The molecule has 1 heterocycles. The molecule has 0 N–H and O–H groups in total. The summed E-state index contributed by atoms with van der Waals surface area (Å²) < 4.78 is 6.12. The molecule has 1 nitrogen and oxygen atoms in total.